The zero-order valence-corrected chi connectivity index (χ0v) is 11.6. The maximum Gasteiger partial charge on any atom is 0.117 e. The monoisotopic (exact) mass is 273 g/mol. The number of hydrogen-bond donors (Lipinski definition) is 1. The van der Waals surface area contributed by atoms with E-state index in [1.54, 1.807) is 0 Å². The summed E-state index contributed by atoms with van der Waals surface area (Å²) >= 11 is 0. The minimum absolute atomic E-state index is 0.631. The predicted molar refractivity (Wildman–Crippen MR) is 85.2 cm³/mol. The van der Waals surface area contributed by atoms with Gasteiger partial charge in [-0.25, -0.2) is 0 Å². The van der Waals surface area contributed by atoms with E-state index in [0.717, 1.165) is 24.0 Å². The molecule has 0 aliphatic heterocycles. The van der Waals surface area contributed by atoms with Gasteiger partial charge in [0.25, 0.3) is 0 Å². The Labute approximate surface area is 123 Å². The highest BCUT2D eigenvalue weighted by atomic mass is 16.4. The number of hydrogen-bond acceptors (Lipinski definition) is 2. The molecule has 0 unspecified atom stereocenters. The van der Waals surface area contributed by atoms with Crippen molar-refractivity contribution in [3.63, 3.8) is 0 Å². The average molecular weight is 273 g/mol. The van der Waals surface area contributed by atoms with E-state index >= 15 is 0 Å². The molecule has 102 valence electrons. The van der Waals surface area contributed by atoms with Crippen LogP contribution in [-0.2, 0) is 12.8 Å². The van der Waals surface area contributed by atoms with Crippen LogP contribution < -0.4 is 0 Å². The molecule has 1 aliphatic carbocycles. The van der Waals surface area contributed by atoms with Crippen LogP contribution in [0.5, 0.6) is 0 Å². The molecule has 0 saturated carbocycles. The van der Waals surface area contributed by atoms with Crippen molar-refractivity contribution in [3.8, 4) is 0 Å². The molecule has 1 aliphatic rings. The smallest absolute Gasteiger partial charge is 0.117 e. The first kappa shape index (κ1) is 12.2. The highest BCUT2D eigenvalue weighted by molar-refractivity contribution is 6.20. The lowest BCUT2D eigenvalue weighted by Crippen LogP contribution is -2.04. The van der Waals surface area contributed by atoms with Crippen molar-refractivity contribution in [1.82, 2.24) is 0 Å². The molecule has 0 heterocycles. The number of rotatable bonds is 2. The predicted octanol–water partition coefficient (Wildman–Crippen LogP) is 4.17. The van der Waals surface area contributed by atoms with Crippen LogP contribution in [0.4, 0.5) is 0 Å². The molecule has 0 spiro atoms. The Morgan fingerprint density at radius 1 is 0.810 bits per heavy atom. The maximum atomic E-state index is 9.53. The van der Waals surface area contributed by atoms with E-state index in [2.05, 4.69) is 35.5 Å². The summed E-state index contributed by atoms with van der Waals surface area (Å²) in [7, 11) is 0. The topological polar surface area (TPSA) is 32.6 Å². The third-order valence-electron chi connectivity index (χ3n) is 4.28. The van der Waals surface area contributed by atoms with E-state index in [0.29, 0.717) is 5.71 Å². The molecule has 0 amide bonds. The van der Waals surface area contributed by atoms with Crippen LogP contribution in [0.2, 0.25) is 0 Å². The second kappa shape index (κ2) is 4.74. The maximum absolute atomic E-state index is 9.53. The van der Waals surface area contributed by atoms with Gasteiger partial charge >= 0.3 is 0 Å². The molecule has 2 nitrogen and oxygen atoms in total. The largest absolute Gasteiger partial charge is 0.410 e. The molecule has 4 rings (SSSR count). The summed E-state index contributed by atoms with van der Waals surface area (Å²) in [6, 6.07) is 20.5. The van der Waals surface area contributed by atoms with Crippen molar-refractivity contribution in [2.24, 2.45) is 5.16 Å². The summed E-state index contributed by atoms with van der Waals surface area (Å²) in [6.45, 7) is 0. The Morgan fingerprint density at radius 2 is 1.57 bits per heavy atom. The summed E-state index contributed by atoms with van der Waals surface area (Å²) < 4.78 is 0. The van der Waals surface area contributed by atoms with Crippen LogP contribution in [0.15, 0.2) is 65.8 Å². The lowest BCUT2D eigenvalue weighted by atomic mass is 9.94. The van der Waals surface area contributed by atoms with Gasteiger partial charge in [0.1, 0.15) is 5.71 Å². The van der Waals surface area contributed by atoms with Crippen LogP contribution in [0.25, 0.3) is 10.8 Å². The fourth-order valence-corrected chi connectivity index (χ4v) is 3.32. The van der Waals surface area contributed by atoms with E-state index in [-0.39, 0.29) is 0 Å². The van der Waals surface area contributed by atoms with Crippen molar-refractivity contribution >= 4 is 16.5 Å². The minimum Gasteiger partial charge on any atom is -0.410 e. The zero-order chi connectivity index (χ0) is 14.2. The molecule has 0 aromatic heterocycles. The molecule has 1 N–H and O–H groups in total. The lowest BCUT2D eigenvalue weighted by molar-refractivity contribution is 0.319. The Morgan fingerprint density at radius 3 is 2.33 bits per heavy atom. The molecular weight excluding hydrogens is 258 g/mol. The van der Waals surface area contributed by atoms with E-state index in [1.807, 2.05) is 30.3 Å². The van der Waals surface area contributed by atoms with Gasteiger partial charge in [-0.05, 0) is 34.7 Å². The molecule has 3 aromatic rings. The molecule has 0 bridgehead atoms. The van der Waals surface area contributed by atoms with Gasteiger partial charge in [-0.2, -0.15) is 0 Å². The summed E-state index contributed by atoms with van der Waals surface area (Å²) in [5, 5.41) is 15.6. The first-order chi connectivity index (χ1) is 10.4. The van der Waals surface area contributed by atoms with Crippen LogP contribution in [-0.4, -0.2) is 10.9 Å². The van der Waals surface area contributed by atoms with Crippen LogP contribution in [0.3, 0.4) is 0 Å². The molecule has 0 saturated heterocycles. The zero-order valence-electron chi connectivity index (χ0n) is 11.6. The standard InChI is InChI=1S/C19H15NO/c21-20-19(15-5-2-1-3-6-15)17-12-11-14-10-9-13-7-4-8-16(17)18(13)14/h1-8,11-12,21H,9-10H2/b20-19+. The van der Waals surface area contributed by atoms with Crippen molar-refractivity contribution in [3.05, 3.63) is 82.9 Å². The van der Waals surface area contributed by atoms with Crippen molar-refractivity contribution in [2.45, 2.75) is 12.8 Å². The number of nitrogens with zero attached hydrogens (tertiary/aromatic N) is 1. The molecule has 0 radical (unpaired) electrons. The lowest BCUT2D eigenvalue weighted by Gasteiger charge is -2.10. The van der Waals surface area contributed by atoms with E-state index < -0.39 is 0 Å². The number of oxime groups is 1. The van der Waals surface area contributed by atoms with Crippen molar-refractivity contribution in [2.75, 3.05) is 0 Å². The summed E-state index contributed by atoms with van der Waals surface area (Å²) in [6.07, 6.45) is 2.21. The highest BCUT2D eigenvalue weighted by Crippen LogP contribution is 2.33. The first-order valence-corrected chi connectivity index (χ1v) is 7.20. The summed E-state index contributed by atoms with van der Waals surface area (Å²) in [4.78, 5) is 0. The van der Waals surface area contributed by atoms with Gasteiger partial charge < -0.3 is 5.21 Å². The molecule has 3 aromatic carbocycles. The summed E-state index contributed by atoms with van der Waals surface area (Å²) in [5.74, 6) is 0. The van der Waals surface area contributed by atoms with E-state index in [1.165, 1.54) is 21.9 Å². The van der Waals surface area contributed by atoms with Crippen LogP contribution in [0, 0.1) is 0 Å². The normalized spacial score (nSPS) is 13.8. The quantitative estimate of drug-likeness (QED) is 0.424. The van der Waals surface area contributed by atoms with Gasteiger partial charge in [-0.1, -0.05) is 65.8 Å². The third-order valence-corrected chi connectivity index (χ3v) is 4.28. The van der Waals surface area contributed by atoms with Gasteiger partial charge in [0.15, 0.2) is 0 Å². The minimum atomic E-state index is 0.631. The highest BCUT2D eigenvalue weighted by Gasteiger charge is 2.18. The van der Waals surface area contributed by atoms with Gasteiger partial charge in [-0.15, -0.1) is 0 Å². The summed E-state index contributed by atoms with van der Waals surface area (Å²) in [5.41, 5.74) is 5.35. The van der Waals surface area contributed by atoms with Crippen LogP contribution in [0.1, 0.15) is 22.3 Å². The van der Waals surface area contributed by atoms with Gasteiger partial charge in [0.05, 0.1) is 0 Å². The number of benzene rings is 3. The van der Waals surface area contributed by atoms with Crippen molar-refractivity contribution in [1.29, 1.82) is 0 Å². The molecule has 21 heavy (non-hydrogen) atoms. The van der Waals surface area contributed by atoms with E-state index in [9.17, 15) is 5.21 Å². The fourth-order valence-electron chi connectivity index (χ4n) is 3.32. The Hall–Kier alpha value is -2.61. The first-order valence-electron chi connectivity index (χ1n) is 7.20. The van der Waals surface area contributed by atoms with Gasteiger partial charge in [-0.3, -0.25) is 0 Å². The second-order valence-electron chi connectivity index (χ2n) is 5.43. The van der Waals surface area contributed by atoms with Gasteiger partial charge in [0.2, 0.25) is 0 Å². The van der Waals surface area contributed by atoms with Crippen molar-refractivity contribution < 1.29 is 5.21 Å². The fraction of sp³-hybridized carbons (Fsp3) is 0.105. The molecular formula is C19H15NO. The molecule has 2 heteroatoms. The third kappa shape index (κ3) is 1.83. The Kier molecular flexibility index (Phi) is 2.74. The molecule has 0 atom stereocenters. The Balaban J connectivity index is 2.00. The number of aryl methyl sites for hydroxylation is 2. The Bertz CT molecular complexity index is 840. The SMILES string of the molecule is O/N=C(\c1ccccc1)c1ccc2c3c(cccc13)CC2. The van der Waals surface area contributed by atoms with Gasteiger partial charge in [0, 0.05) is 11.1 Å². The molecule has 0 fully saturated rings. The van der Waals surface area contributed by atoms with E-state index in [4.69, 9.17) is 0 Å². The van der Waals surface area contributed by atoms with Crippen LogP contribution >= 0.6 is 0 Å². The second-order valence-corrected chi connectivity index (χ2v) is 5.43. The average Bonchev–Trinajstić information content (AvgIpc) is 2.96.